The van der Waals surface area contributed by atoms with E-state index in [-0.39, 0.29) is 5.92 Å². The molecule has 0 aliphatic heterocycles. The first-order valence-electron chi connectivity index (χ1n) is 9.14. The van der Waals surface area contributed by atoms with Crippen molar-refractivity contribution in [2.45, 2.75) is 33.7 Å². The summed E-state index contributed by atoms with van der Waals surface area (Å²) in [5.74, 6) is 0.123. The van der Waals surface area contributed by atoms with E-state index in [2.05, 4.69) is 23.8 Å². The topological polar surface area (TPSA) is 81.0 Å². The van der Waals surface area contributed by atoms with E-state index >= 15 is 0 Å². The summed E-state index contributed by atoms with van der Waals surface area (Å²) in [6, 6.07) is 7.06. The highest BCUT2D eigenvalue weighted by Gasteiger charge is 2.20. The second-order valence-corrected chi connectivity index (χ2v) is 7.44. The lowest BCUT2D eigenvalue weighted by Crippen LogP contribution is -2.38. The fraction of sp³-hybridized carbons (Fsp3) is 0.273. The number of aromatic amines is 1. The first-order chi connectivity index (χ1) is 12.9. The fourth-order valence-corrected chi connectivity index (χ4v) is 3.65. The molecule has 0 amide bonds. The van der Waals surface area contributed by atoms with Crippen LogP contribution in [0.2, 0.25) is 0 Å². The second-order valence-electron chi connectivity index (χ2n) is 7.44. The Hall–Kier alpha value is -2.92. The van der Waals surface area contributed by atoms with Crippen molar-refractivity contribution in [3.63, 3.8) is 0 Å². The average molecular weight is 361 g/mol. The van der Waals surface area contributed by atoms with Crippen LogP contribution in [0, 0.1) is 19.8 Å². The number of esters is 1. The average Bonchev–Trinajstić information content (AvgIpc) is 3.04. The van der Waals surface area contributed by atoms with Crippen LogP contribution in [0.1, 0.15) is 25.0 Å². The summed E-state index contributed by atoms with van der Waals surface area (Å²) in [6.45, 7) is 8.02. The van der Waals surface area contributed by atoms with Gasteiger partial charge in [-0.15, -0.1) is 0 Å². The maximum Gasteiger partial charge on any atom is 0.328 e. The molecule has 2 aromatic heterocycles. The lowest BCUT2D eigenvalue weighted by atomic mass is 9.97. The highest BCUT2D eigenvalue weighted by Crippen LogP contribution is 2.37. The Labute approximate surface area is 157 Å². The summed E-state index contributed by atoms with van der Waals surface area (Å²) in [6.07, 6.45) is 3.72. The van der Waals surface area contributed by atoms with Gasteiger partial charge >= 0.3 is 5.97 Å². The summed E-state index contributed by atoms with van der Waals surface area (Å²) >= 11 is 0. The molecule has 5 heteroatoms. The Morgan fingerprint density at radius 3 is 2.63 bits per heavy atom. The van der Waals surface area contributed by atoms with Gasteiger partial charge in [0.25, 0.3) is 0 Å². The van der Waals surface area contributed by atoms with Crippen LogP contribution in [0.5, 0.6) is 5.75 Å². The summed E-state index contributed by atoms with van der Waals surface area (Å²) in [5.41, 5.74) is 10.4. The smallest absolute Gasteiger partial charge is 0.328 e. The summed E-state index contributed by atoms with van der Waals surface area (Å²) in [7, 11) is 0. The predicted octanol–water partition coefficient (Wildman–Crippen LogP) is 4.37. The third-order valence-corrected chi connectivity index (χ3v) is 5.36. The number of ether oxygens (including phenoxy) is 1. The molecule has 0 saturated carbocycles. The Morgan fingerprint density at radius 2 is 1.89 bits per heavy atom. The number of rotatable bonds is 3. The molecular formula is C22H23N3O2. The van der Waals surface area contributed by atoms with Crippen molar-refractivity contribution in [3.05, 3.63) is 47.8 Å². The van der Waals surface area contributed by atoms with Crippen LogP contribution in [0.25, 0.3) is 32.6 Å². The molecule has 138 valence electrons. The van der Waals surface area contributed by atoms with E-state index in [9.17, 15) is 4.79 Å². The monoisotopic (exact) mass is 361 g/mol. The number of hydrogen-bond acceptors (Lipinski definition) is 4. The quantitative estimate of drug-likeness (QED) is 0.419. The molecule has 2 heterocycles. The molecule has 0 aliphatic rings. The van der Waals surface area contributed by atoms with Gasteiger partial charge in [0.1, 0.15) is 11.8 Å². The second kappa shape index (κ2) is 6.35. The summed E-state index contributed by atoms with van der Waals surface area (Å²) < 4.78 is 5.53. The number of aryl methyl sites for hydroxylation is 2. The van der Waals surface area contributed by atoms with E-state index in [1.165, 1.54) is 10.9 Å². The van der Waals surface area contributed by atoms with Crippen molar-refractivity contribution in [3.8, 4) is 5.75 Å². The van der Waals surface area contributed by atoms with Gasteiger partial charge in [-0.05, 0) is 60.5 Å². The van der Waals surface area contributed by atoms with E-state index in [4.69, 9.17) is 10.5 Å². The maximum atomic E-state index is 12.2. The van der Waals surface area contributed by atoms with E-state index in [0.717, 1.165) is 32.8 Å². The number of H-pyrrole nitrogens is 1. The molecule has 27 heavy (non-hydrogen) atoms. The third-order valence-electron chi connectivity index (χ3n) is 5.36. The molecule has 1 atom stereocenters. The zero-order chi connectivity index (χ0) is 19.3. The molecule has 0 saturated heterocycles. The number of nitrogens with zero attached hydrogens (tertiary/aromatic N) is 1. The van der Waals surface area contributed by atoms with Crippen LogP contribution in [0.15, 0.2) is 36.7 Å². The molecule has 0 fully saturated rings. The normalized spacial score (nSPS) is 13.0. The van der Waals surface area contributed by atoms with E-state index in [1.807, 2.05) is 44.4 Å². The predicted molar refractivity (Wildman–Crippen MR) is 109 cm³/mol. The highest BCUT2D eigenvalue weighted by atomic mass is 16.5. The van der Waals surface area contributed by atoms with Gasteiger partial charge in [-0.25, -0.2) is 4.79 Å². The fourth-order valence-electron chi connectivity index (χ4n) is 3.65. The van der Waals surface area contributed by atoms with Crippen molar-refractivity contribution in [2.24, 2.45) is 11.7 Å². The first kappa shape index (κ1) is 17.5. The Morgan fingerprint density at radius 1 is 1.11 bits per heavy atom. The molecular weight excluding hydrogens is 338 g/mol. The molecule has 0 radical (unpaired) electrons. The number of nitrogens with one attached hydrogen (secondary N) is 1. The van der Waals surface area contributed by atoms with Crippen LogP contribution < -0.4 is 10.5 Å². The number of carbonyl (C=O) groups excluding carboxylic acids is 1. The summed E-state index contributed by atoms with van der Waals surface area (Å²) in [5, 5.41) is 4.48. The van der Waals surface area contributed by atoms with Crippen LogP contribution in [-0.2, 0) is 4.79 Å². The SMILES string of the molecule is Cc1c2ccncc2c(C)c2c1[nH]c1ccc(OC(=O)[C@H](N)C(C)C)cc12. The molecule has 3 N–H and O–H groups in total. The van der Waals surface area contributed by atoms with Gasteiger partial charge < -0.3 is 15.5 Å². The molecule has 4 aromatic rings. The van der Waals surface area contributed by atoms with Crippen LogP contribution in [0.4, 0.5) is 0 Å². The van der Waals surface area contributed by atoms with Crippen molar-refractivity contribution in [1.29, 1.82) is 0 Å². The van der Waals surface area contributed by atoms with Gasteiger partial charge in [-0.2, -0.15) is 0 Å². The first-order valence-corrected chi connectivity index (χ1v) is 9.14. The van der Waals surface area contributed by atoms with Crippen molar-refractivity contribution >= 4 is 38.5 Å². The number of pyridine rings is 1. The minimum Gasteiger partial charge on any atom is -0.425 e. The van der Waals surface area contributed by atoms with Crippen molar-refractivity contribution in [2.75, 3.05) is 0 Å². The molecule has 2 aromatic carbocycles. The van der Waals surface area contributed by atoms with Crippen LogP contribution >= 0.6 is 0 Å². The van der Waals surface area contributed by atoms with Gasteiger partial charge in [0.05, 0.1) is 5.52 Å². The number of benzene rings is 2. The lowest BCUT2D eigenvalue weighted by Gasteiger charge is -2.14. The van der Waals surface area contributed by atoms with Gasteiger partial charge in [0.15, 0.2) is 0 Å². The molecule has 0 aliphatic carbocycles. The maximum absolute atomic E-state index is 12.2. The molecule has 0 spiro atoms. The molecule has 5 nitrogen and oxygen atoms in total. The van der Waals surface area contributed by atoms with Crippen molar-refractivity contribution in [1.82, 2.24) is 9.97 Å². The van der Waals surface area contributed by atoms with Crippen LogP contribution in [0.3, 0.4) is 0 Å². The lowest BCUT2D eigenvalue weighted by molar-refractivity contribution is -0.136. The highest BCUT2D eigenvalue weighted by molar-refractivity contribution is 6.16. The number of nitrogens with two attached hydrogens (primary N) is 1. The zero-order valence-corrected chi connectivity index (χ0v) is 16.0. The van der Waals surface area contributed by atoms with Crippen LogP contribution in [-0.4, -0.2) is 22.0 Å². The van der Waals surface area contributed by atoms with Gasteiger partial charge in [0, 0.05) is 34.1 Å². The minimum atomic E-state index is -0.636. The number of hydrogen-bond donors (Lipinski definition) is 2. The standard InChI is InChI=1S/C22H23N3O2/c1-11(2)20(23)22(26)27-14-5-6-18-16(9-14)19-12(3)17-10-24-8-7-15(17)13(4)21(19)25-18/h5-11,20,25H,23H2,1-4H3/t20-/m1/s1. The van der Waals surface area contributed by atoms with Gasteiger partial charge in [0.2, 0.25) is 0 Å². The third kappa shape index (κ3) is 2.75. The Kier molecular flexibility index (Phi) is 4.12. The minimum absolute atomic E-state index is 0.0260. The summed E-state index contributed by atoms with van der Waals surface area (Å²) in [4.78, 5) is 20.0. The Balaban J connectivity index is 1.91. The van der Waals surface area contributed by atoms with E-state index < -0.39 is 12.0 Å². The number of carbonyl (C=O) groups is 1. The molecule has 4 rings (SSSR count). The van der Waals surface area contributed by atoms with E-state index in [1.54, 1.807) is 6.07 Å². The largest absolute Gasteiger partial charge is 0.425 e. The number of fused-ring (bicyclic) bond motifs is 4. The van der Waals surface area contributed by atoms with E-state index in [0.29, 0.717) is 5.75 Å². The molecule has 0 bridgehead atoms. The van der Waals surface area contributed by atoms with Crippen molar-refractivity contribution < 1.29 is 9.53 Å². The number of aromatic nitrogens is 2. The van der Waals surface area contributed by atoms with Gasteiger partial charge in [-0.3, -0.25) is 4.98 Å². The van der Waals surface area contributed by atoms with Gasteiger partial charge in [-0.1, -0.05) is 13.8 Å². The Bertz CT molecular complexity index is 1190. The zero-order valence-electron chi connectivity index (χ0n) is 16.0. The molecule has 0 unspecified atom stereocenters.